The van der Waals surface area contributed by atoms with E-state index in [0.717, 1.165) is 11.7 Å². The number of benzene rings is 1. The summed E-state index contributed by atoms with van der Waals surface area (Å²) in [6.07, 6.45) is 1.78. The molecule has 7 nitrogen and oxygen atoms in total. The zero-order chi connectivity index (χ0) is 18.5. The second-order valence-electron chi connectivity index (χ2n) is 5.81. The van der Waals surface area contributed by atoms with Gasteiger partial charge in [-0.1, -0.05) is 29.5 Å². The Kier molecular flexibility index (Phi) is 5.92. The van der Waals surface area contributed by atoms with E-state index in [1.165, 1.54) is 16.2 Å². The van der Waals surface area contributed by atoms with Gasteiger partial charge in [-0.15, -0.1) is 11.7 Å². The number of quaternary nitrogens is 1. The van der Waals surface area contributed by atoms with Crippen LogP contribution in [0, 0.1) is 3.95 Å². The first-order chi connectivity index (χ1) is 12.6. The summed E-state index contributed by atoms with van der Waals surface area (Å²) >= 11 is 6.84. The van der Waals surface area contributed by atoms with Crippen LogP contribution in [0.1, 0.15) is 12.7 Å². The van der Waals surface area contributed by atoms with Crippen LogP contribution in [-0.4, -0.2) is 32.8 Å². The van der Waals surface area contributed by atoms with E-state index in [1.807, 2.05) is 22.9 Å². The van der Waals surface area contributed by atoms with Crippen molar-refractivity contribution in [1.29, 1.82) is 0 Å². The standard InChI is InChI=1S/C17H20N6OS2/c1-3-9-18-16-21-23(17(25)26-16)11-22(4-2)10-14-19-13-8-6-5-7-12(13)15(24)20-14/h3,5-8H,1,4,9-11H2,2H3,(H,18,21)(H,19,20,24)/p+1. The van der Waals surface area contributed by atoms with E-state index in [-0.39, 0.29) is 5.56 Å². The number of nitrogens with one attached hydrogen (secondary N) is 3. The normalized spacial score (nSPS) is 12.2. The highest BCUT2D eigenvalue weighted by Crippen LogP contribution is 2.13. The summed E-state index contributed by atoms with van der Waals surface area (Å²) in [5.41, 5.74) is 0.602. The van der Waals surface area contributed by atoms with Crippen molar-refractivity contribution in [3.8, 4) is 0 Å². The number of rotatable bonds is 8. The number of aromatic nitrogens is 4. The summed E-state index contributed by atoms with van der Waals surface area (Å²) in [4.78, 5) is 20.9. The summed E-state index contributed by atoms with van der Waals surface area (Å²) in [5.74, 6) is 0.664. The third-order valence-electron chi connectivity index (χ3n) is 3.96. The van der Waals surface area contributed by atoms with Crippen LogP contribution in [0.15, 0.2) is 41.7 Å². The van der Waals surface area contributed by atoms with Crippen LogP contribution in [0.25, 0.3) is 10.9 Å². The van der Waals surface area contributed by atoms with Crippen molar-refractivity contribution in [2.75, 3.05) is 18.4 Å². The maximum absolute atomic E-state index is 12.2. The minimum atomic E-state index is -0.109. The van der Waals surface area contributed by atoms with E-state index in [1.54, 1.807) is 12.1 Å². The Hall–Kier alpha value is -2.36. The van der Waals surface area contributed by atoms with Crippen molar-refractivity contribution in [2.45, 2.75) is 20.1 Å². The maximum atomic E-state index is 12.2. The molecule has 2 heterocycles. The van der Waals surface area contributed by atoms with E-state index in [2.05, 4.69) is 33.9 Å². The van der Waals surface area contributed by atoms with Crippen molar-refractivity contribution in [1.82, 2.24) is 19.7 Å². The number of fused-ring (bicyclic) bond motifs is 1. The summed E-state index contributed by atoms with van der Waals surface area (Å²) < 4.78 is 2.52. The van der Waals surface area contributed by atoms with Gasteiger partial charge in [0.05, 0.1) is 17.4 Å². The Labute approximate surface area is 160 Å². The van der Waals surface area contributed by atoms with Crippen LogP contribution in [0.5, 0.6) is 0 Å². The molecule has 3 N–H and O–H groups in total. The molecule has 0 radical (unpaired) electrons. The van der Waals surface area contributed by atoms with Gasteiger partial charge in [0.2, 0.25) is 5.13 Å². The predicted molar refractivity (Wildman–Crippen MR) is 107 cm³/mol. The first kappa shape index (κ1) is 18.4. The average molecular weight is 390 g/mol. The Bertz CT molecular complexity index is 1020. The van der Waals surface area contributed by atoms with E-state index in [4.69, 9.17) is 12.2 Å². The minimum absolute atomic E-state index is 0.109. The topological polar surface area (TPSA) is 80.0 Å². The Morgan fingerprint density at radius 3 is 3.04 bits per heavy atom. The largest absolute Gasteiger partial charge is 0.357 e. The number of H-pyrrole nitrogens is 1. The summed E-state index contributed by atoms with van der Waals surface area (Å²) in [6.45, 7) is 8.47. The van der Waals surface area contributed by atoms with E-state index in [0.29, 0.717) is 40.4 Å². The van der Waals surface area contributed by atoms with Crippen molar-refractivity contribution in [3.63, 3.8) is 0 Å². The van der Waals surface area contributed by atoms with Gasteiger partial charge in [-0.3, -0.25) is 4.79 Å². The lowest BCUT2D eigenvalue weighted by Crippen LogP contribution is -3.09. The van der Waals surface area contributed by atoms with Gasteiger partial charge in [0.25, 0.3) is 5.56 Å². The number of nitrogens with zero attached hydrogens (tertiary/aromatic N) is 3. The SMILES string of the molecule is C=CCNc1nn(C[NH+](CC)Cc2nc3ccccc3c(=O)[nH]2)c(=S)s1. The second-order valence-corrected chi connectivity index (χ2v) is 7.43. The number of hydrogen-bond donors (Lipinski definition) is 3. The molecule has 0 bridgehead atoms. The molecule has 1 unspecified atom stereocenters. The van der Waals surface area contributed by atoms with Crippen LogP contribution in [0.2, 0.25) is 0 Å². The van der Waals surface area contributed by atoms with Crippen molar-refractivity contribution < 1.29 is 4.90 Å². The quantitative estimate of drug-likeness (QED) is 0.403. The molecular formula is C17H21N6OS2+. The molecule has 0 saturated heterocycles. The highest BCUT2D eigenvalue weighted by Gasteiger charge is 2.14. The monoisotopic (exact) mass is 389 g/mol. The van der Waals surface area contributed by atoms with Crippen LogP contribution in [0.4, 0.5) is 5.13 Å². The lowest BCUT2D eigenvalue weighted by molar-refractivity contribution is -0.935. The highest BCUT2D eigenvalue weighted by molar-refractivity contribution is 7.73. The molecule has 0 amide bonds. The summed E-state index contributed by atoms with van der Waals surface area (Å²) in [5, 5.41) is 9.05. The molecular weight excluding hydrogens is 368 g/mol. The van der Waals surface area contributed by atoms with Gasteiger partial charge < -0.3 is 15.2 Å². The lowest BCUT2D eigenvalue weighted by atomic mass is 10.2. The molecule has 136 valence electrons. The van der Waals surface area contributed by atoms with Gasteiger partial charge >= 0.3 is 0 Å². The number of para-hydroxylation sites is 1. The van der Waals surface area contributed by atoms with Crippen molar-refractivity contribution in [2.24, 2.45) is 0 Å². The molecule has 3 aromatic rings. The van der Waals surface area contributed by atoms with Crippen LogP contribution in [0.3, 0.4) is 0 Å². The first-order valence-corrected chi connectivity index (χ1v) is 9.57. The molecule has 0 aliphatic heterocycles. The van der Waals surface area contributed by atoms with Gasteiger partial charge in [-0.05, 0) is 31.3 Å². The molecule has 0 spiro atoms. The van der Waals surface area contributed by atoms with Crippen molar-refractivity contribution >= 4 is 39.6 Å². The van der Waals surface area contributed by atoms with Gasteiger partial charge in [-0.2, -0.15) is 4.68 Å². The third-order valence-corrected chi connectivity index (χ3v) is 5.22. The number of anilines is 1. The highest BCUT2D eigenvalue weighted by atomic mass is 32.1. The predicted octanol–water partition coefficient (Wildman–Crippen LogP) is 1.57. The van der Waals surface area contributed by atoms with Crippen molar-refractivity contribution in [3.05, 3.63) is 57.1 Å². The Balaban J connectivity index is 1.78. The molecule has 1 aromatic carbocycles. The summed E-state index contributed by atoms with van der Waals surface area (Å²) in [6, 6.07) is 7.36. The van der Waals surface area contributed by atoms with Crippen LogP contribution in [-0.2, 0) is 13.2 Å². The van der Waals surface area contributed by atoms with E-state index < -0.39 is 0 Å². The molecule has 2 aromatic heterocycles. The zero-order valence-corrected chi connectivity index (χ0v) is 16.1. The molecule has 1 atom stereocenters. The van der Waals surface area contributed by atoms with Gasteiger partial charge in [-0.25, -0.2) is 4.98 Å². The average Bonchev–Trinajstić information content (AvgIpc) is 2.99. The molecule has 3 rings (SSSR count). The molecule has 0 aliphatic rings. The number of aromatic amines is 1. The third kappa shape index (κ3) is 4.24. The van der Waals surface area contributed by atoms with Gasteiger partial charge in [0.15, 0.2) is 16.4 Å². The lowest BCUT2D eigenvalue weighted by Gasteiger charge is -2.16. The zero-order valence-electron chi connectivity index (χ0n) is 14.5. The van der Waals surface area contributed by atoms with Crippen LogP contribution >= 0.6 is 23.6 Å². The number of hydrogen-bond acceptors (Lipinski definition) is 6. The van der Waals surface area contributed by atoms with Gasteiger partial charge in [0.1, 0.15) is 6.54 Å². The molecule has 0 saturated carbocycles. The molecule has 9 heteroatoms. The maximum Gasteiger partial charge on any atom is 0.258 e. The van der Waals surface area contributed by atoms with Gasteiger partial charge in [0, 0.05) is 6.54 Å². The first-order valence-electron chi connectivity index (χ1n) is 8.35. The molecule has 0 aliphatic carbocycles. The fraction of sp³-hybridized carbons (Fsp3) is 0.294. The minimum Gasteiger partial charge on any atom is -0.357 e. The van der Waals surface area contributed by atoms with E-state index in [9.17, 15) is 4.79 Å². The fourth-order valence-electron chi connectivity index (χ4n) is 2.60. The fourth-order valence-corrected chi connectivity index (χ4v) is 3.61. The second kappa shape index (κ2) is 8.35. The van der Waals surface area contributed by atoms with E-state index >= 15 is 0 Å². The molecule has 26 heavy (non-hydrogen) atoms. The van der Waals surface area contributed by atoms with Crippen LogP contribution < -0.4 is 15.8 Å². The smallest absolute Gasteiger partial charge is 0.258 e. The molecule has 0 fully saturated rings. The Morgan fingerprint density at radius 1 is 1.46 bits per heavy atom. The summed E-state index contributed by atoms with van der Waals surface area (Å²) in [7, 11) is 0. The Morgan fingerprint density at radius 2 is 2.27 bits per heavy atom.